The predicted molar refractivity (Wildman–Crippen MR) is 61.7 cm³/mol. The van der Waals surface area contributed by atoms with Crippen molar-refractivity contribution >= 4 is 11.4 Å². The number of nitrogens with two attached hydrogens (primary N) is 2. The van der Waals surface area contributed by atoms with E-state index >= 15 is 0 Å². The maximum absolute atomic E-state index is 13.3. The van der Waals surface area contributed by atoms with Crippen LogP contribution >= 0.6 is 0 Å². The fraction of sp³-hybridized carbons (Fsp3) is 0. The van der Waals surface area contributed by atoms with Crippen molar-refractivity contribution < 1.29 is 13.5 Å². The molecule has 0 fully saturated rings. The Kier molecular flexibility index (Phi) is 2.82. The molecule has 0 atom stereocenters. The summed E-state index contributed by atoms with van der Waals surface area (Å²) in [5.74, 6) is -1.35. The van der Waals surface area contributed by atoms with E-state index in [4.69, 9.17) is 16.2 Å². The van der Waals surface area contributed by atoms with Crippen molar-refractivity contribution in [3.05, 3.63) is 48.0 Å². The topological polar surface area (TPSA) is 61.3 Å². The lowest BCUT2D eigenvalue weighted by atomic mass is 10.2. The summed E-state index contributed by atoms with van der Waals surface area (Å²) in [7, 11) is 0. The van der Waals surface area contributed by atoms with Gasteiger partial charge in [-0.05, 0) is 24.3 Å². The lowest BCUT2D eigenvalue weighted by molar-refractivity contribution is 0.439. The fourth-order valence-electron chi connectivity index (χ4n) is 1.33. The van der Waals surface area contributed by atoms with E-state index in [1.807, 2.05) is 0 Å². The molecule has 88 valence electrons. The van der Waals surface area contributed by atoms with Crippen molar-refractivity contribution in [3.8, 4) is 11.5 Å². The van der Waals surface area contributed by atoms with E-state index in [0.29, 0.717) is 5.69 Å². The second-order valence-corrected chi connectivity index (χ2v) is 3.44. The van der Waals surface area contributed by atoms with Crippen molar-refractivity contribution in [3.63, 3.8) is 0 Å². The molecule has 0 amide bonds. The molecule has 2 rings (SSSR count). The third-order valence-corrected chi connectivity index (χ3v) is 2.21. The fourth-order valence-corrected chi connectivity index (χ4v) is 1.33. The second-order valence-electron chi connectivity index (χ2n) is 3.44. The van der Waals surface area contributed by atoms with Crippen LogP contribution in [0.3, 0.4) is 0 Å². The van der Waals surface area contributed by atoms with Gasteiger partial charge in [-0.1, -0.05) is 6.07 Å². The number of nitrogen functional groups attached to an aromatic ring is 2. The van der Waals surface area contributed by atoms with Gasteiger partial charge in [-0.15, -0.1) is 0 Å². The molecule has 0 radical (unpaired) electrons. The molecule has 2 aromatic carbocycles. The molecule has 4 N–H and O–H groups in total. The van der Waals surface area contributed by atoms with Gasteiger partial charge in [0, 0.05) is 6.07 Å². The van der Waals surface area contributed by atoms with Gasteiger partial charge in [-0.3, -0.25) is 0 Å². The zero-order chi connectivity index (χ0) is 12.4. The van der Waals surface area contributed by atoms with Gasteiger partial charge in [0.15, 0.2) is 17.3 Å². The molecule has 5 heteroatoms. The molecule has 2 aromatic rings. The molecule has 0 aromatic heterocycles. The molecule has 0 bridgehead atoms. The Bertz CT molecular complexity index is 558. The number of para-hydroxylation sites is 1. The normalized spacial score (nSPS) is 10.2. The summed E-state index contributed by atoms with van der Waals surface area (Å²) in [5.41, 5.74) is 11.8. The summed E-state index contributed by atoms with van der Waals surface area (Å²) in [6, 6.07) is 7.80. The average molecular weight is 236 g/mol. The van der Waals surface area contributed by atoms with Gasteiger partial charge in [-0.25, -0.2) is 8.78 Å². The summed E-state index contributed by atoms with van der Waals surface area (Å²) in [6.45, 7) is 0. The van der Waals surface area contributed by atoms with Crippen LogP contribution in [0.25, 0.3) is 0 Å². The summed E-state index contributed by atoms with van der Waals surface area (Å²) in [6.07, 6.45) is 0. The molecule has 3 nitrogen and oxygen atoms in total. The molecule has 0 unspecified atom stereocenters. The first-order valence-corrected chi connectivity index (χ1v) is 4.85. The summed E-state index contributed by atoms with van der Waals surface area (Å²) in [5, 5.41) is 0. The van der Waals surface area contributed by atoms with Crippen molar-refractivity contribution in [2.24, 2.45) is 0 Å². The number of anilines is 2. The van der Waals surface area contributed by atoms with Crippen LogP contribution in [0.1, 0.15) is 0 Å². The van der Waals surface area contributed by atoms with E-state index in [-0.39, 0.29) is 17.2 Å². The van der Waals surface area contributed by atoms with Crippen LogP contribution < -0.4 is 16.2 Å². The average Bonchev–Trinajstić information content (AvgIpc) is 2.28. The van der Waals surface area contributed by atoms with Crippen molar-refractivity contribution in [1.29, 1.82) is 0 Å². The van der Waals surface area contributed by atoms with Gasteiger partial charge in [0.05, 0.1) is 11.4 Å². The highest BCUT2D eigenvalue weighted by atomic mass is 19.1. The van der Waals surface area contributed by atoms with Crippen LogP contribution in [0, 0.1) is 11.6 Å². The third kappa shape index (κ3) is 2.28. The minimum absolute atomic E-state index is 0.108. The molecular formula is C12H10F2N2O. The van der Waals surface area contributed by atoms with Crippen LogP contribution in [0.2, 0.25) is 0 Å². The van der Waals surface area contributed by atoms with E-state index in [1.54, 1.807) is 18.2 Å². The maximum atomic E-state index is 13.3. The Labute approximate surface area is 96.6 Å². The SMILES string of the molecule is Nc1cccc(Oc2ccc(F)cc2F)c1N. The van der Waals surface area contributed by atoms with E-state index in [2.05, 4.69) is 0 Å². The molecule has 0 aliphatic carbocycles. The standard InChI is InChI=1S/C12H10F2N2O/c13-7-4-5-10(8(14)6-7)17-11-3-1-2-9(15)12(11)16/h1-6H,15-16H2. The first kappa shape index (κ1) is 11.2. The monoisotopic (exact) mass is 236 g/mol. The summed E-state index contributed by atoms with van der Waals surface area (Å²) >= 11 is 0. The molecule has 17 heavy (non-hydrogen) atoms. The van der Waals surface area contributed by atoms with Gasteiger partial charge in [-0.2, -0.15) is 0 Å². The lowest BCUT2D eigenvalue weighted by Crippen LogP contribution is -1.98. The summed E-state index contributed by atoms with van der Waals surface area (Å²) in [4.78, 5) is 0. The van der Waals surface area contributed by atoms with Crippen molar-refractivity contribution in [2.75, 3.05) is 11.5 Å². The molecule has 0 aliphatic rings. The molecule has 0 heterocycles. The quantitative estimate of drug-likeness (QED) is 0.788. The van der Waals surface area contributed by atoms with Crippen LogP contribution in [0.15, 0.2) is 36.4 Å². The number of hydrogen-bond donors (Lipinski definition) is 2. The zero-order valence-corrected chi connectivity index (χ0v) is 8.78. The van der Waals surface area contributed by atoms with Crippen molar-refractivity contribution in [1.82, 2.24) is 0 Å². The maximum Gasteiger partial charge on any atom is 0.168 e. The Balaban J connectivity index is 2.35. The third-order valence-electron chi connectivity index (χ3n) is 2.21. The largest absolute Gasteiger partial charge is 0.452 e. The minimum Gasteiger partial charge on any atom is -0.452 e. The van der Waals surface area contributed by atoms with Crippen LogP contribution in [-0.4, -0.2) is 0 Å². The van der Waals surface area contributed by atoms with Crippen molar-refractivity contribution in [2.45, 2.75) is 0 Å². The van der Waals surface area contributed by atoms with E-state index in [0.717, 1.165) is 12.1 Å². The zero-order valence-electron chi connectivity index (χ0n) is 8.78. The minimum atomic E-state index is -0.799. The van der Waals surface area contributed by atoms with Crippen LogP contribution in [-0.2, 0) is 0 Å². The van der Waals surface area contributed by atoms with Gasteiger partial charge in [0.2, 0.25) is 0 Å². The lowest BCUT2D eigenvalue weighted by Gasteiger charge is -2.10. The van der Waals surface area contributed by atoms with Crippen LogP contribution in [0.4, 0.5) is 20.2 Å². The Hall–Kier alpha value is -2.30. The van der Waals surface area contributed by atoms with E-state index in [9.17, 15) is 8.78 Å². The molecule has 0 saturated heterocycles. The number of halogens is 2. The number of benzene rings is 2. The first-order chi connectivity index (χ1) is 8.08. The molecule has 0 aliphatic heterocycles. The van der Waals surface area contributed by atoms with E-state index < -0.39 is 11.6 Å². The summed E-state index contributed by atoms with van der Waals surface area (Å²) < 4.78 is 31.2. The van der Waals surface area contributed by atoms with Gasteiger partial charge < -0.3 is 16.2 Å². The Morgan fingerprint density at radius 1 is 0.941 bits per heavy atom. The predicted octanol–water partition coefficient (Wildman–Crippen LogP) is 2.92. The highest BCUT2D eigenvalue weighted by molar-refractivity contribution is 5.71. The number of ether oxygens (including phenoxy) is 1. The number of hydrogen-bond acceptors (Lipinski definition) is 3. The Morgan fingerprint density at radius 2 is 1.71 bits per heavy atom. The second kappa shape index (κ2) is 4.29. The first-order valence-electron chi connectivity index (χ1n) is 4.85. The van der Waals surface area contributed by atoms with Crippen LogP contribution in [0.5, 0.6) is 11.5 Å². The smallest absolute Gasteiger partial charge is 0.168 e. The van der Waals surface area contributed by atoms with Gasteiger partial charge in [0.1, 0.15) is 5.82 Å². The van der Waals surface area contributed by atoms with Gasteiger partial charge in [0.25, 0.3) is 0 Å². The number of rotatable bonds is 2. The van der Waals surface area contributed by atoms with E-state index in [1.165, 1.54) is 6.07 Å². The molecule has 0 spiro atoms. The molecular weight excluding hydrogens is 226 g/mol. The highest BCUT2D eigenvalue weighted by Gasteiger charge is 2.09. The van der Waals surface area contributed by atoms with Gasteiger partial charge >= 0.3 is 0 Å². The molecule has 0 saturated carbocycles. The Morgan fingerprint density at radius 3 is 2.41 bits per heavy atom. The highest BCUT2D eigenvalue weighted by Crippen LogP contribution is 2.32.